The van der Waals surface area contributed by atoms with Gasteiger partial charge in [0.15, 0.2) is 5.17 Å². The number of hydrogen-bond donors (Lipinski definition) is 0. The molecule has 0 spiro atoms. The van der Waals surface area contributed by atoms with Gasteiger partial charge >= 0.3 is 0 Å². The van der Waals surface area contributed by atoms with Crippen LogP contribution in [0, 0.1) is 0 Å². The molecule has 0 radical (unpaired) electrons. The molecule has 2 aliphatic rings. The molecule has 1 fully saturated rings. The second kappa shape index (κ2) is 8.19. The second-order valence-electron chi connectivity index (χ2n) is 7.50. The van der Waals surface area contributed by atoms with Crippen molar-refractivity contribution in [2.24, 2.45) is 4.99 Å². The van der Waals surface area contributed by atoms with Crippen LogP contribution in [0.15, 0.2) is 70.2 Å². The molecule has 0 saturated carbocycles. The molecule has 0 aliphatic carbocycles. The van der Waals surface area contributed by atoms with Crippen molar-refractivity contribution in [3.8, 4) is 17.1 Å². The van der Waals surface area contributed by atoms with E-state index in [-0.39, 0.29) is 12.1 Å². The molecule has 1 aromatic carbocycles. The van der Waals surface area contributed by atoms with E-state index < -0.39 is 0 Å². The number of nitrogens with zero attached hydrogens (tertiary/aromatic N) is 3. The highest BCUT2D eigenvalue weighted by Gasteiger charge is 2.46. The standard InChI is InChI=1S/C24H25N3O2S/c1-3-17-15-30-24-26-22(19-7-5-6-14-25-19)23(27(17)24)21-13-12-20(29-21)16-8-10-18(11-9-16)28-4-2/h5-14,17,22-23H,3-4,15H2,1-2H3/t17-,22+,23+/m0/s1. The fourth-order valence-electron chi connectivity index (χ4n) is 4.21. The van der Waals surface area contributed by atoms with Gasteiger partial charge in [-0.25, -0.2) is 4.99 Å². The monoisotopic (exact) mass is 419 g/mol. The second-order valence-corrected chi connectivity index (χ2v) is 8.48. The van der Waals surface area contributed by atoms with Gasteiger partial charge in [0.05, 0.1) is 12.3 Å². The van der Waals surface area contributed by atoms with E-state index in [0.717, 1.165) is 45.9 Å². The molecule has 3 atom stereocenters. The van der Waals surface area contributed by atoms with Crippen LogP contribution in [0.1, 0.15) is 43.8 Å². The quantitative estimate of drug-likeness (QED) is 0.511. The van der Waals surface area contributed by atoms with E-state index >= 15 is 0 Å². The van der Waals surface area contributed by atoms with E-state index in [0.29, 0.717) is 12.6 Å². The minimum Gasteiger partial charge on any atom is -0.494 e. The number of furan rings is 1. The van der Waals surface area contributed by atoms with Crippen molar-refractivity contribution >= 4 is 16.9 Å². The maximum atomic E-state index is 6.41. The zero-order chi connectivity index (χ0) is 20.5. The third-order valence-corrected chi connectivity index (χ3v) is 6.82. The molecule has 0 N–H and O–H groups in total. The van der Waals surface area contributed by atoms with Crippen molar-refractivity contribution in [1.29, 1.82) is 0 Å². The Morgan fingerprint density at radius 2 is 1.97 bits per heavy atom. The Kier molecular flexibility index (Phi) is 5.25. The lowest BCUT2D eigenvalue weighted by Crippen LogP contribution is -2.35. The lowest BCUT2D eigenvalue weighted by Gasteiger charge is -2.30. The summed E-state index contributed by atoms with van der Waals surface area (Å²) in [5, 5.41) is 1.11. The third-order valence-electron chi connectivity index (χ3n) is 5.70. The molecule has 5 nitrogen and oxygen atoms in total. The first-order valence-electron chi connectivity index (χ1n) is 10.5. The van der Waals surface area contributed by atoms with E-state index in [1.807, 2.05) is 61.3 Å². The van der Waals surface area contributed by atoms with Gasteiger partial charge in [-0.2, -0.15) is 0 Å². The van der Waals surface area contributed by atoms with Crippen LogP contribution in [0.25, 0.3) is 11.3 Å². The maximum absolute atomic E-state index is 6.41. The zero-order valence-corrected chi connectivity index (χ0v) is 18.0. The Morgan fingerprint density at radius 3 is 2.70 bits per heavy atom. The summed E-state index contributed by atoms with van der Waals surface area (Å²) in [6.07, 6.45) is 2.93. The van der Waals surface area contributed by atoms with Crippen LogP contribution in [0.4, 0.5) is 0 Å². The van der Waals surface area contributed by atoms with Crippen LogP contribution in [0.5, 0.6) is 5.75 Å². The molecule has 5 rings (SSSR count). The van der Waals surface area contributed by atoms with Crippen LogP contribution >= 0.6 is 11.8 Å². The molecule has 0 amide bonds. The van der Waals surface area contributed by atoms with Gasteiger partial charge in [-0.05, 0) is 61.9 Å². The highest BCUT2D eigenvalue weighted by Crippen LogP contribution is 2.49. The van der Waals surface area contributed by atoms with Gasteiger partial charge in [-0.15, -0.1) is 0 Å². The summed E-state index contributed by atoms with van der Waals surface area (Å²) in [5.74, 6) is 3.75. The summed E-state index contributed by atoms with van der Waals surface area (Å²) in [6.45, 7) is 4.89. The molecule has 2 aliphatic heterocycles. The Labute approximate surface area is 181 Å². The molecule has 0 unspecified atom stereocenters. The lowest BCUT2D eigenvalue weighted by atomic mass is 10.0. The van der Waals surface area contributed by atoms with Gasteiger partial charge < -0.3 is 14.1 Å². The molecular weight excluding hydrogens is 394 g/mol. The van der Waals surface area contributed by atoms with Crippen molar-refractivity contribution < 1.29 is 9.15 Å². The molecule has 6 heteroatoms. The van der Waals surface area contributed by atoms with Crippen molar-refractivity contribution in [2.75, 3.05) is 12.4 Å². The largest absolute Gasteiger partial charge is 0.494 e. The number of hydrogen-bond acceptors (Lipinski definition) is 6. The highest BCUT2D eigenvalue weighted by molar-refractivity contribution is 8.14. The number of rotatable bonds is 6. The first-order valence-corrected chi connectivity index (χ1v) is 11.5. The predicted molar refractivity (Wildman–Crippen MR) is 121 cm³/mol. The molecule has 0 bridgehead atoms. The third kappa shape index (κ3) is 3.39. The number of aromatic nitrogens is 1. The summed E-state index contributed by atoms with van der Waals surface area (Å²) in [4.78, 5) is 12.1. The van der Waals surface area contributed by atoms with Crippen LogP contribution < -0.4 is 4.74 Å². The van der Waals surface area contributed by atoms with E-state index in [4.69, 9.17) is 14.1 Å². The number of pyridine rings is 1. The fraction of sp³-hybridized carbons (Fsp3) is 0.333. The lowest BCUT2D eigenvalue weighted by molar-refractivity contribution is 0.226. The van der Waals surface area contributed by atoms with Crippen molar-refractivity contribution in [3.63, 3.8) is 0 Å². The van der Waals surface area contributed by atoms with E-state index in [2.05, 4.69) is 35.0 Å². The van der Waals surface area contributed by atoms with Crippen molar-refractivity contribution in [3.05, 3.63) is 72.2 Å². The number of amidine groups is 1. The van der Waals surface area contributed by atoms with Crippen LogP contribution in [-0.4, -0.2) is 33.5 Å². The van der Waals surface area contributed by atoms with Gasteiger partial charge in [0.2, 0.25) is 0 Å². The number of fused-ring (bicyclic) bond motifs is 1. The summed E-state index contributed by atoms with van der Waals surface area (Å²) >= 11 is 1.84. The summed E-state index contributed by atoms with van der Waals surface area (Å²) in [7, 11) is 0. The number of aliphatic imine (C=N–C) groups is 1. The van der Waals surface area contributed by atoms with Gasteiger partial charge in [0, 0.05) is 23.6 Å². The van der Waals surface area contributed by atoms with Gasteiger partial charge in [0.1, 0.15) is 29.4 Å². The Hall–Kier alpha value is -2.73. The topological polar surface area (TPSA) is 50.9 Å². The summed E-state index contributed by atoms with van der Waals surface area (Å²) < 4.78 is 12.0. The first-order chi connectivity index (χ1) is 14.8. The van der Waals surface area contributed by atoms with Gasteiger partial charge in [-0.3, -0.25) is 4.98 Å². The van der Waals surface area contributed by atoms with Crippen molar-refractivity contribution in [2.45, 2.75) is 38.4 Å². The average molecular weight is 420 g/mol. The maximum Gasteiger partial charge on any atom is 0.161 e. The SMILES string of the molecule is CCOc1ccc(-c2ccc([C@@H]3[C@@H](c4ccccn4)N=C4SC[C@H](CC)N43)o2)cc1. The smallest absolute Gasteiger partial charge is 0.161 e. The zero-order valence-electron chi connectivity index (χ0n) is 17.2. The Bertz CT molecular complexity index is 1030. The number of thioether (sulfide) groups is 1. The van der Waals surface area contributed by atoms with E-state index in [1.165, 1.54) is 0 Å². The summed E-state index contributed by atoms with van der Waals surface area (Å²) in [5.41, 5.74) is 2.03. The molecule has 30 heavy (non-hydrogen) atoms. The molecule has 1 saturated heterocycles. The van der Waals surface area contributed by atoms with E-state index in [9.17, 15) is 0 Å². The predicted octanol–water partition coefficient (Wildman–Crippen LogP) is 5.72. The Balaban J connectivity index is 1.49. The van der Waals surface area contributed by atoms with Crippen LogP contribution in [0.2, 0.25) is 0 Å². The Morgan fingerprint density at radius 1 is 1.10 bits per heavy atom. The molecule has 154 valence electrons. The normalized spacial score (nSPS) is 22.8. The van der Waals surface area contributed by atoms with Gasteiger partial charge in [0.25, 0.3) is 0 Å². The van der Waals surface area contributed by atoms with Crippen molar-refractivity contribution in [1.82, 2.24) is 9.88 Å². The first kappa shape index (κ1) is 19.2. The van der Waals surface area contributed by atoms with Gasteiger partial charge in [-0.1, -0.05) is 24.8 Å². The summed E-state index contributed by atoms with van der Waals surface area (Å²) in [6, 6.07) is 18.7. The molecular formula is C24H25N3O2S. The fourth-order valence-corrected chi connectivity index (χ4v) is 5.55. The highest BCUT2D eigenvalue weighted by atomic mass is 32.2. The number of ether oxygens (including phenoxy) is 1. The van der Waals surface area contributed by atoms with Crippen LogP contribution in [-0.2, 0) is 0 Å². The molecule has 2 aromatic heterocycles. The minimum absolute atomic E-state index is 0.0336. The molecule has 3 aromatic rings. The average Bonchev–Trinajstić information content (AvgIpc) is 3.50. The number of benzene rings is 1. The van der Waals surface area contributed by atoms with Crippen LogP contribution in [0.3, 0.4) is 0 Å². The minimum atomic E-state index is -0.0534. The molecule has 4 heterocycles. The van der Waals surface area contributed by atoms with E-state index in [1.54, 1.807) is 0 Å².